The minimum absolute atomic E-state index is 0.0621. The number of fused-ring (bicyclic) bond motifs is 2. The normalized spacial score (nSPS) is 16.5. The van der Waals surface area contributed by atoms with Crippen LogP contribution in [0.2, 0.25) is 0 Å². The number of nitrogens with zero attached hydrogens (tertiary/aromatic N) is 1. The van der Waals surface area contributed by atoms with Gasteiger partial charge in [-0.1, -0.05) is 18.2 Å². The van der Waals surface area contributed by atoms with E-state index in [9.17, 15) is 9.59 Å². The molecular weight excluding hydrogens is 304 g/mol. The summed E-state index contributed by atoms with van der Waals surface area (Å²) in [6.45, 7) is 1.45. The van der Waals surface area contributed by atoms with E-state index in [1.807, 2.05) is 36.4 Å². The second-order valence-electron chi connectivity index (χ2n) is 5.93. The lowest BCUT2D eigenvalue weighted by Crippen LogP contribution is -2.24. The summed E-state index contributed by atoms with van der Waals surface area (Å²) in [6, 6.07) is 13.4. The van der Waals surface area contributed by atoms with Gasteiger partial charge in [-0.25, -0.2) is 4.98 Å². The summed E-state index contributed by atoms with van der Waals surface area (Å²) in [5.74, 6) is 0.436. The van der Waals surface area contributed by atoms with Crippen LogP contribution in [0.5, 0.6) is 0 Å². The Balaban J connectivity index is 1.77. The number of hydrogen-bond donors (Lipinski definition) is 3. The van der Waals surface area contributed by atoms with Crippen molar-refractivity contribution in [2.45, 2.75) is 19.3 Å². The third kappa shape index (κ3) is 2.52. The molecule has 0 saturated carbocycles. The number of imidazole rings is 1. The maximum Gasteiger partial charge on any atom is 0.225 e. The van der Waals surface area contributed by atoms with Crippen LogP contribution in [0.1, 0.15) is 30.7 Å². The number of benzene rings is 2. The summed E-state index contributed by atoms with van der Waals surface area (Å²) in [6.07, 6.45) is 0.340. The Hall–Kier alpha value is -3.15. The Kier molecular flexibility index (Phi) is 3.30. The zero-order valence-corrected chi connectivity index (χ0v) is 13.1. The summed E-state index contributed by atoms with van der Waals surface area (Å²) in [5, 5.41) is 5.61. The second-order valence-corrected chi connectivity index (χ2v) is 5.93. The Bertz CT molecular complexity index is 928. The number of hydrogen-bond acceptors (Lipinski definition) is 3. The largest absolute Gasteiger partial charge is 0.341 e. The van der Waals surface area contributed by atoms with E-state index < -0.39 is 0 Å². The van der Waals surface area contributed by atoms with Gasteiger partial charge in [0.05, 0.1) is 17.0 Å². The van der Waals surface area contributed by atoms with E-state index in [-0.39, 0.29) is 17.7 Å². The lowest BCUT2D eigenvalue weighted by molar-refractivity contribution is -0.116. The number of rotatable bonds is 2. The summed E-state index contributed by atoms with van der Waals surface area (Å²) in [4.78, 5) is 31.3. The fourth-order valence-electron chi connectivity index (χ4n) is 3.13. The molecule has 6 nitrogen and oxygen atoms in total. The Morgan fingerprint density at radius 1 is 1.25 bits per heavy atom. The Morgan fingerprint density at radius 3 is 2.88 bits per heavy atom. The van der Waals surface area contributed by atoms with E-state index >= 15 is 0 Å². The number of carbonyl (C=O) groups excluding carboxylic acids is 2. The molecule has 1 aromatic heterocycles. The molecule has 0 bridgehead atoms. The number of aromatic amines is 1. The van der Waals surface area contributed by atoms with Gasteiger partial charge in [0.25, 0.3) is 0 Å². The molecule has 0 spiro atoms. The van der Waals surface area contributed by atoms with Crippen molar-refractivity contribution >= 4 is 34.2 Å². The molecule has 0 fully saturated rings. The third-order valence-electron chi connectivity index (χ3n) is 4.15. The topological polar surface area (TPSA) is 86.9 Å². The lowest BCUT2D eigenvalue weighted by atomic mass is 9.89. The van der Waals surface area contributed by atoms with Crippen LogP contribution in [0.3, 0.4) is 0 Å². The van der Waals surface area contributed by atoms with E-state index in [0.717, 1.165) is 22.4 Å². The molecule has 0 radical (unpaired) electrons. The molecule has 1 atom stereocenters. The first-order valence-corrected chi connectivity index (χ1v) is 7.76. The minimum Gasteiger partial charge on any atom is -0.341 e. The zero-order valence-electron chi connectivity index (χ0n) is 13.1. The van der Waals surface area contributed by atoms with Crippen LogP contribution in [0, 0.1) is 0 Å². The van der Waals surface area contributed by atoms with Gasteiger partial charge in [0.1, 0.15) is 5.82 Å². The summed E-state index contributed by atoms with van der Waals surface area (Å²) < 4.78 is 0. The van der Waals surface area contributed by atoms with Crippen LogP contribution < -0.4 is 10.6 Å². The van der Waals surface area contributed by atoms with Gasteiger partial charge in [-0.3, -0.25) is 9.59 Å². The van der Waals surface area contributed by atoms with E-state index in [1.165, 1.54) is 6.92 Å². The molecule has 0 aliphatic carbocycles. The maximum absolute atomic E-state index is 12.1. The van der Waals surface area contributed by atoms with Gasteiger partial charge in [-0.2, -0.15) is 0 Å². The Morgan fingerprint density at radius 2 is 2.08 bits per heavy atom. The first-order chi connectivity index (χ1) is 11.6. The van der Waals surface area contributed by atoms with Crippen LogP contribution in [0.4, 0.5) is 11.4 Å². The molecule has 6 heteroatoms. The van der Waals surface area contributed by atoms with Crippen LogP contribution >= 0.6 is 0 Å². The highest BCUT2D eigenvalue weighted by atomic mass is 16.2. The molecule has 4 rings (SSSR count). The summed E-state index contributed by atoms with van der Waals surface area (Å²) in [7, 11) is 0. The number of amides is 2. The predicted molar refractivity (Wildman–Crippen MR) is 91.9 cm³/mol. The fraction of sp³-hybridized carbons (Fsp3) is 0.167. The zero-order chi connectivity index (χ0) is 16.7. The van der Waals surface area contributed by atoms with Gasteiger partial charge in [0, 0.05) is 24.7 Å². The van der Waals surface area contributed by atoms with Crippen molar-refractivity contribution in [1.29, 1.82) is 0 Å². The molecule has 0 saturated heterocycles. The molecule has 1 aliphatic rings. The number of anilines is 2. The van der Waals surface area contributed by atoms with E-state index in [1.54, 1.807) is 6.07 Å². The molecule has 2 heterocycles. The van der Waals surface area contributed by atoms with Gasteiger partial charge >= 0.3 is 0 Å². The molecule has 24 heavy (non-hydrogen) atoms. The van der Waals surface area contributed by atoms with Crippen molar-refractivity contribution in [1.82, 2.24) is 9.97 Å². The minimum atomic E-state index is -0.147. The van der Waals surface area contributed by atoms with Crippen molar-refractivity contribution in [3.8, 4) is 0 Å². The molecule has 2 aromatic carbocycles. The number of aromatic nitrogens is 2. The number of para-hydroxylation sites is 2. The van der Waals surface area contributed by atoms with Crippen LogP contribution in [-0.2, 0) is 9.59 Å². The van der Waals surface area contributed by atoms with E-state index in [2.05, 4.69) is 20.6 Å². The number of H-pyrrole nitrogens is 1. The van der Waals surface area contributed by atoms with Crippen LogP contribution in [0.15, 0.2) is 42.5 Å². The van der Waals surface area contributed by atoms with E-state index in [0.29, 0.717) is 17.8 Å². The lowest BCUT2D eigenvalue weighted by Gasteiger charge is -2.24. The van der Waals surface area contributed by atoms with Gasteiger partial charge in [-0.15, -0.1) is 0 Å². The third-order valence-corrected chi connectivity index (χ3v) is 4.15. The van der Waals surface area contributed by atoms with Crippen LogP contribution in [-0.4, -0.2) is 21.8 Å². The highest BCUT2D eigenvalue weighted by molar-refractivity contribution is 5.97. The molecular formula is C18H16N4O2. The standard InChI is InChI=1S/C18H16N4O2/c1-10(23)19-11-6-7-12-13(9-17(24)20-16(12)8-11)18-21-14-4-2-3-5-15(14)22-18/h2-8,13H,9H2,1H3,(H,19,23)(H,20,24)(H,21,22)/t13-/m1/s1. The second kappa shape index (κ2) is 5.49. The number of carbonyl (C=O) groups is 2. The van der Waals surface area contributed by atoms with Crippen LogP contribution in [0.25, 0.3) is 11.0 Å². The van der Waals surface area contributed by atoms with Gasteiger partial charge < -0.3 is 15.6 Å². The molecule has 120 valence electrons. The van der Waals surface area contributed by atoms with Gasteiger partial charge in [-0.05, 0) is 29.8 Å². The van der Waals surface area contributed by atoms with Crippen molar-refractivity contribution < 1.29 is 9.59 Å². The first-order valence-electron chi connectivity index (χ1n) is 7.76. The maximum atomic E-state index is 12.1. The predicted octanol–water partition coefficient (Wildman–Crippen LogP) is 3.00. The summed E-state index contributed by atoms with van der Waals surface area (Å²) in [5.41, 5.74) is 4.20. The van der Waals surface area contributed by atoms with Gasteiger partial charge in [0.2, 0.25) is 11.8 Å². The molecule has 2 amide bonds. The number of nitrogens with one attached hydrogen (secondary N) is 3. The molecule has 3 N–H and O–H groups in total. The molecule has 0 unspecified atom stereocenters. The van der Waals surface area contributed by atoms with Crippen molar-refractivity contribution in [2.24, 2.45) is 0 Å². The van der Waals surface area contributed by atoms with Crippen molar-refractivity contribution in [3.05, 3.63) is 53.9 Å². The monoisotopic (exact) mass is 320 g/mol. The quantitative estimate of drug-likeness (QED) is 0.678. The highest BCUT2D eigenvalue weighted by Crippen LogP contribution is 2.37. The highest BCUT2D eigenvalue weighted by Gasteiger charge is 2.29. The first kappa shape index (κ1) is 14.4. The van der Waals surface area contributed by atoms with Crippen molar-refractivity contribution in [2.75, 3.05) is 10.6 Å². The molecule has 3 aromatic rings. The van der Waals surface area contributed by atoms with Gasteiger partial charge in [0.15, 0.2) is 0 Å². The average Bonchev–Trinajstić information content (AvgIpc) is 2.97. The SMILES string of the molecule is CC(=O)Nc1ccc2c(c1)NC(=O)C[C@H]2c1nc2ccccc2[nH]1. The average molecular weight is 320 g/mol. The van der Waals surface area contributed by atoms with E-state index in [4.69, 9.17) is 0 Å². The smallest absolute Gasteiger partial charge is 0.225 e. The fourth-order valence-corrected chi connectivity index (χ4v) is 3.13. The Labute approximate surface area is 138 Å². The summed E-state index contributed by atoms with van der Waals surface area (Å²) >= 11 is 0. The van der Waals surface area contributed by atoms with Crippen molar-refractivity contribution in [3.63, 3.8) is 0 Å². The molecule has 1 aliphatic heterocycles.